The Morgan fingerprint density at radius 1 is 1.25 bits per heavy atom. The van der Waals surface area contributed by atoms with E-state index in [4.69, 9.17) is 4.74 Å². The molecule has 1 heterocycles. The summed E-state index contributed by atoms with van der Waals surface area (Å²) < 4.78 is 5.70. The molecule has 20 heavy (non-hydrogen) atoms. The number of ether oxygens (including phenoxy) is 1. The number of carbonyl (C=O) groups is 1. The van der Waals surface area contributed by atoms with Gasteiger partial charge in [0.05, 0.1) is 30.8 Å². The lowest BCUT2D eigenvalue weighted by atomic mass is 9.88. The van der Waals surface area contributed by atoms with Crippen LogP contribution in [-0.2, 0) is 9.53 Å². The highest BCUT2D eigenvalue weighted by molar-refractivity contribution is 5.80. The fourth-order valence-corrected chi connectivity index (χ4v) is 2.91. The smallest absolute Gasteiger partial charge is 0.226 e. The van der Waals surface area contributed by atoms with Crippen molar-refractivity contribution in [1.29, 1.82) is 0 Å². The third kappa shape index (κ3) is 3.02. The molecule has 1 aliphatic rings. The van der Waals surface area contributed by atoms with Crippen LogP contribution in [-0.4, -0.2) is 29.8 Å². The van der Waals surface area contributed by atoms with Gasteiger partial charge in [-0.1, -0.05) is 37.3 Å². The third-order valence-electron chi connectivity index (χ3n) is 4.25. The largest absolute Gasteiger partial charge is 0.394 e. The zero-order valence-electron chi connectivity index (χ0n) is 12.2. The van der Waals surface area contributed by atoms with E-state index < -0.39 is 0 Å². The number of hydrogen-bond acceptors (Lipinski definition) is 3. The van der Waals surface area contributed by atoms with Gasteiger partial charge in [0, 0.05) is 0 Å². The first-order valence-electron chi connectivity index (χ1n) is 7.16. The van der Waals surface area contributed by atoms with Crippen LogP contribution in [0.3, 0.4) is 0 Å². The Morgan fingerprint density at radius 3 is 2.40 bits per heavy atom. The molecule has 1 fully saturated rings. The van der Waals surface area contributed by atoms with E-state index in [-0.39, 0.29) is 42.6 Å². The molecule has 110 valence electrons. The average Bonchev–Trinajstić information content (AvgIpc) is 2.70. The Hall–Kier alpha value is -1.39. The molecule has 2 rings (SSSR count). The normalized spacial score (nSPS) is 31.0. The molecule has 1 aromatic rings. The summed E-state index contributed by atoms with van der Waals surface area (Å²) in [4.78, 5) is 12.5. The fraction of sp³-hybridized carbons (Fsp3) is 0.562. The number of benzene rings is 1. The molecule has 2 N–H and O–H groups in total. The highest BCUT2D eigenvalue weighted by Gasteiger charge is 2.41. The van der Waals surface area contributed by atoms with Crippen molar-refractivity contribution in [2.24, 2.45) is 11.8 Å². The maximum Gasteiger partial charge on any atom is 0.226 e. The predicted octanol–water partition coefficient (Wildman–Crippen LogP) is 1.90. The van der Waals surface area contributed by atoms with Crippen molar-refractivity contribution >= 4 is 5.91 Å². The molecular weight excluding hydrogens is 254 g/mol. The van der Waals surface area contributed by atoms with Crippen LogP contribution in [0.4, 0.5) is 0 Å². The van der Waals surface area contributed by atoms with Crippen molar-refractivity contribution in [3.63, 3.8) is 0 Å². The van der Waals surface area contributed by atoms with Crippen LogP contribution in [0, 0.1) is 11.8 Å². The molecule has 0 spiro atoms. The number of hydrogen-bond donors (Lipinski definition) is 2. The molecule has 4 nitrogen and oxygen atoms in total. The number of amides is 1. The van der Waals surface area contributed by atoms with Gasteiger partial charge in [0.1, 0.15) is 0 Å². The molecule has 0 aliphatic carbocycles. The molecule has 1 amide bonds. The summed E-state index contributed by atoms with van der Waals surface area (Å²) in [6, 6.07) is 9.16. The van der Waals surface area contributed by atoms with Gasteiger partial charge < -0.3 is 15.2 Å². The van der Waals surface area contributed by atoms with E-state index in [2.05, 4.69) is 5.32 Å². The van der Waals surface area contributed by atoms with Gasteiger partial charge in [0.15, 0.2) is 0 Å². The predicted molar refractivity (Wildman–Crippen MR) is 77.1 cm³/mol. The molecule has 4 heteroatoms. The van der Waals surface area contributed by atoms with E-state index in [1.807, 2.05) is 51.1 Å². The van der Waals surface area contributed by atoms with Gasteiger partial charge in [-0.05, 0) is 25.3 Å². The van der Waals surface area contributed by atoms with E-state index in [1.54, 1.807) is 0 Å². The van der Waals surface area contributed by atoms with Crippen molar-refractivity contribution in [2.75, 3.05) is 6.61 Å². The minimum absolute atomic E-state index is 0.0442. The van der Waals surface area contributed by atoms with E-state index in [0.717, 1.165) is 5.56 Å². The number of nitrogens with one attached hydrogen (secondary N) is 1. The van der Waals surface area contributed by atoms with Crippen molar-refractivity contribution in [1.82, 2.24) is 5.32 Å². The van der Waals surface area contributed by atoms with Crippen molar-refractivity contribution in [2.45, 2.75) is 39.0 Å². The van der Waals surface area contributed by atoms with Crippen molar-refractivity contribution in [3.8, 4) is 0 Å². The Bertz CT molecular complexity index is 448. The number of aliphatic hydroxyl groups excluding tert-OH is 1. The van der Waals surface area contributed by atoms with Crippen LogP contribution < -0.4 is 5.32 Å². The SMILES string of the molecule is CC1OC(C)C(C(=O)NC(CO)c2ccccc2)C1C. The fourth-order valence-electron chi connectivity index (χ4n) is 2.91. The molecule has 5 atom stereocenters. The Morgan fingerprint density at radius 2 is 1.90 bits per heavy atom. The van der Waals surface area contributed by atoms with Crippen LogP contribution in [0.5, 0.6) is 0 Å². The van der Waals surface area contributed by atoms with Gasteiger partial charge in [-0.3, -0.25) is 4.79 Å². The quantitative estimate of drug-likeness (QED) is 0.883. The van der Waals surface area contributed by atoms with Crippen LogP contribution in [0.1, 0.15) is 32.4 Å². The second-order valence-electron chi connectivity index (χ2n) is 5.59. The summed E-state index contributed by atoms with van der Waals surface area (Å²) >= 11 is 0. The van der Waals surface area contributed by atoms with Gasteiger partial charge in [0.2, 0.25) is 5.91 Å². The number of carbonyl (C=O) groups excluding carboxylic acids is 1. The Labute approximate surface area is 120 Å². The third-order valence-corrected chi connectivity index (χ3v) is 4.25. The summed E-state index contributed by atoms with van der Waals surface area (Å²) in [6.45, 7) is 5.85. The lowest BCUT2D eigenvalue weighted by Crippen LogP contribution is -2.40. The standard InChI is InChI=1S/C16H23NO3/c1-10-11(2)20-12(3)15(10)16(19)17-14(9-18)13-7-5-4-6-8-13/h4-8,10-12,14-15,18H,9H2,1-3H3,(H,17,19). The summed E-state index contributed by atoms with van der Waals surface area (Å²) in [5.41, 5.74) is 0.913. The first-order chi connectivity index (χ1) is 9.54. The maximum absolute atomic E-state index is 12.5. The lowest BCUT2D eigenvalue weighted by Gasteiger charge is -2.22. The van der Waals surface area contributed by atoms with Gasteiger partial charge >= 0.3 is 0 Å². The summed E-state index contributed by atoms with van der Waals surface area (Å²) in [7, 11) is 0. The molecule has 0 radical (unpaired) electrons. The summed E-state index contributed by atoms with van der Waals surface area (Å²) in [5, 5.41) is 12.4. The molecule has 1 aliphatic heterocycles. The zero-order chi connectivity index (χ0) is 14.7. The van der Waals surface area contributed by atoms with Crippen LogP contribution in [0.2, 0.25) is 0 Å². The van der Waals surface area contributed by atoms with Gasteiger partial charge in [-0.25, -0.2) is 0 Å². The summed E-state index contributed by atoms with van der Waals surface area (Å²) in [6.07, 6.45) is 0.000156. The molecule has 1 saturated heterocycles. The molecule has 0 aromatic heterocycles. The molecule has 5 unspecified atom stereocenters. The monoisotopic (exact) mass is 277 g/mol. The highest BCUT2D eigenvalue weighted by atomic mass is 16.5. The first kappa shape index (κ1) is 15.0. The molecular formula is C16H23NO3. The van der Waals surface area contributed by atoms with E-state index in [0.29, 0.717) is 0 Å². The average molecular weight is 277 g/mol. The Kier molecular flexibility index (Phi) is 4.78. The topological polar surface area (TPSA) is 58.6 Å². The summed E-state index contributed by atoms with van der Waals surface area (Å²) in [5.74, 6) is -0.0277. The van der Waals surface area contributed by atoms with E-state index >= 15 is 0 Å². The van der Waals surface area contributed by atoms with Gasteiger partial charge in [-0.15, -0.1) is 0 Å². The van der Waals surface area contributed by atoms with Gasteiger partial charge in [0.25, 0.3) is 0 Å². The second-order valence-corrected chi connectivity index (χ2v) is 5.59. The minimum atomic E-state index is -0.362. The number of aliphatic hydroxyl groups is 1. The first-order valence-corrected chi connectivity index (χ1v) is 7.16. The van der Waals surface area contributed by atoms with E-state index in [9.17, 15) is 9.90 Å². The highest BCUT2D eigenvalue weighted by Crippen LogP contribution is 2.32. The maximum atomic E-state index is 12.5. The molecule has 0 bridgehead atoms. The second kappa shape index (κ2) is 6.37. The van der Waals surface area contributed by atoms with Crippen LogP contribution in [0.15, 0.2) is 30.3 Å². The van der Waals surface area contributed by atoms with Crippen LogP contribution in [0.25, 0.3) is 0 Å². The van der Waals surface area contributed by atoms with Crippen molar-refractivity contribution < 1.29 is 14.6 Å². The lowest BCUT2D eigenvalue weighted by molar-refractivity contribution is -0.128. The molecule has 0 saturated carbocycles. The Balaban J connectivity index is 2.07. The van der Waals surface area contributed by atoms with Gasteiger partial charge in [-0.2, -0.15) is 0 Å². The zero-order valence-corrected chi connectivity index (χ0v) is 12.2. The molecule has 1 aromatic carbocycles. The van der Waals surface area contributed by atoms with Crippen molar-refractivity contribution in [3.05, 3.63) is 35.9 Å². The minimum Gasteiger partial charge on any atom is -0.394 e. The van der Waals surface area contributed by atoms with E-state index in [1.165, 1.54) is 0 Å². The number of rotatable bonds is 4. The van der Waals surface area contributed by atoms with Crippen LogP contribution >= 0.6 is 0 Å².